The first-order chi connectivity index (χ1) is 14.8. The van der Waals surface area contributed by atoms with E-state index in [0.717, 1.165) is 29.6 Å². The third-order valence-electron chi connectivity index (χ3n) is 7.57. The molecule has 1 unspecified atom stereocenters. The van der Waals surface area contributed by atoms with Crippen LogP contribution in [0.15, 0.2) is 30.5 Å². The molecule has 1 amide bonds. The first-order valence-corrected chi connectivity index (χ1v) is 11.3. The number of hydrogen-bond donors (Lipinski definition) is 2. The summed E-state index contributed by atoms with van der Waals surface area (Å²) in [6, 6.07) is 8.06. The van der Waals surface area contributed by atoms with Crippen LogP contribution in [-0.4, -0.2) is 50.9 Å². The van der Waals surface area contributed by atoms with Crippen molar-refractivity contribution in [2.45, 2.75) is 78.0 Å². The third kappa shape index (κ3) is 3.44. The van der Waals surface area contributed by atoms with E-state index in [4.69, 9.17) is 9.31 Å². The topological polar surface area (TPSA) is 87.7 Å². The molecule has 1 atom stereocenters. The van der Waals surface area contributed by atoms with Crippen LogP contribution in [0.4, 0.5) is 4.79 Å². The molecule has 3 heterocycles. The summed E-state index contributed by atoms with van der Waals surface area (Å²) in [5.74, 6) is 0.704. The van der Waals surface area contributed by atoms with E-state index in [1.165, 1.54) is 0 Å². The van der Waals surface area contributed by atoms with Gasteiger partial charge in [0.15, 0.2) is 0 Å². The monoisotopic (exact) mass is 439 g/mol. The number of imidazole rings is 1. The predicted octanol–water partition coefficient (Wildman–Crippen LogP) is 4.39. The van der Waals surface area contributed by atoms with E-state index in [1.807, 2.05) is 52.0 Å². The quantitative estimate of drug-likeness (QED) is 0.693. The third-order valence-corrected chi connectivity index (χ3v) is 7.57. The smallest absolute Gasteiger partial charge is 0.465 e. The molecule has 7 nitrogen and oxygen atoms in total. The Morgan fingerprint density at radius 1 is 1.12 bits per heavy atom. The summed E-state index contributed by atoms with van der Waals surface area (Å²) in [7, 11) is -0.404. The van der Waals surface area contributed by atoms with Gasteiger partial charge in [0.05, 0.1) is 23.1 Å². The average molecular weight is 439 g/mol. The van der Waals surface area contributed by atoms with Crippen molar-refractivity contribution in [3.63, 3.8) is 0 Å². The highest BCUT2D eigenvalue weighted by atomic mass is 16.7. The minimum Gasteiger partial charge on any atom is -0.465 e. The van der Waals surface area contributed by atoms with Gasteiger partial charge in [-0.1, -0.05) is 45.0 Å². The van der Waals surface area contributed by atoms with E-state index >= 15 is 0 Å². The van der Waals surface area contributed by atoms with E-state index in [9.17, 15) is 9.90 Å². The molecule has 0 bridgehead atoms. The van der Waals surface area contributed by atoms with Gasteiger partial charge in [-0.15, -0.1) is 0 Å². The van der Waals surface area contributed by atoms with Crippen LogP contribution in [0.25, 0.3) is 11.3 Å². The van der Waals surface area contributed by atoms with Crippen molar-refractivity contribution in [2.75, 3.05) is 6.54 Å². The van der Waals surface area contributed by atoms with E-state index in [0.29, 0.717) is 12.4 Å². The number of rotatable bonds is 3. The number of hydrogen-bond acceptors (Lipinski definition) is 4. The van der Waals surface area contributed by atoms with Crippen molar-refractivity contribution in [3.8, 4) is 11.3 Å². The lowest BCUT2D eigenvalue weighted by molar-refractivity contribution is 0.00578. The molecule has 2 aliphatic rings. The van der Waals surface area contributed by atoms with Crippen LogP contribution in [0.1, 0.15) is 67.1 Å². The number of carboxylic acid groups (broad SMARTS) is 1. The van der Waals surface area contributed by atoms with Crippen molar-refractivity contribution < 1.29 is 19.2 Å². The summed E-state index contributed by atoms with van der Waals surface area (Å²) < 4.78 is 12.3. The Labute approximate surface area is 190 Å². The number of H-pyrrole nitrogens is 1. The molecule has 2 saturated heterocycles. The van der Waals surface area contributed by atoms with E-state index in [1.54, 1.807) is 11.1 Å². The van der Waals surface area contributed by atoms with Gasteiger partial charge >= 0.3 is 13.2 Å². The predicted molar refractivity (Wildman–Crippen MR) is 125 cm³/mol. The molecule has 2 fully saturated rings. The van der Waals surface area contributed by atoms with Crippen molar-refractivity contribution >= 4 is 18.7 Å². The summed E-state index contributed by atoms with van der Waals surface area (Å²) in [4.78, 5) is 21.7. The summed E-state index contributed by atoms with van der Waals surface area (Å²) in [5, 5.41) is 9.87. The number of likely N-dealkylation sites (tertiary alicyclic amines) is 1. The van der Waals surface area contributed by atoms with Gasteiger partial charge in [0, 0.05) is 6.54 Å². The van der Waals surface area contributed by atoms with Crippen LogP contribution < -0.4 is 5.46 Å². The van der Waals surface area contributed by atoms with Crippen molar-refractivity contribution in [3.05, 3.63) is 36.3 Å². The largest absolute Gasteiger partial charge is 0.494 e. The Bertz CT molecular complexity index is 993. The Morgan fingerprint density at radius 3 is 2.25 bits per heavy atom. The Hall–Kier alpha value is -2.32. The number of amides is 1. The van der Waals surface area contributed by atoms with E-state index < -0.39 is 18.8 Å². The molecule has 0 radical (unpaired) electrons. The molecular weight excluding hydrogens is 405 g/mol. The minimum atomic E-state index is -0.901. The van der Waals surface area contributed by atoms with Crippen LogP contribution in [0.3, 0.4) is 0 Å². The van der Waals surface area contributed by atoms with Gasteiger partial charge in [-0.3, -0.25) is 4.90 Å². The maximum absolute atomic E-state index is 12.0. The molecular formula is C24H34BN3O4. The average Bonchev–Trinajstić information content (AvgIpc) is 3.38. The second kappa shape index (κ2) is 7.35. The van der Waals surface area contributed by atoms with Gasteiger partial charge in [0.2, 0.25) is 0 Å². The van der Waals surface area contributed by atoms with Crippen molar-refractivity contribution in [2.24, 2.45) is 5.41 Å². The normalized spacial score (nSPS) is 24.8. The number of nitrogens with one attached hydrogen (secondary N) is 1. The fraction of sp³-hybridized carbons (Fsp3) is 0.583. The zero-order valence-corrected chi connectivity index (χ0v) is 20.2. The summed E-state index contributed by atoms with van der Waals surface area (Å²) in [6.45, 7) is 14.9. The van der Waals surface area contributed by atoms with Crippen LogP contribution in [0.5, 0.6) is 0 Å². The van der Waals surface area contributed by atoms with Crippen molar-refractivity contribution in [1.82, 2.24) is 14.9 Å². The lowest BCUT2D eigenvalue weighted by Gasteiger charge is -2.45. The molecule has 0 aliphatic carbocycles. The Balaban J connectivity index is 1.62. The molecule has 0 saturated carbocycles. The first-order valence-electron chi connectivity index (χ1n) is 11.3. The molecule has 2 aliphatic heterocycles. The summed E-state index contributed by atoms with van der Waals surface area (Å²) in [6.07, 6.45) is 2.46. The molecule has 2 N–H and O–H groups in total. The number of carbonyl (C=O) groups is 1. The van der Waals surface area contributed by atoms with Crippen LogP contribution in [0, 0.1) is 5.41 Å². The van der Waals surface area contributed by atoms with E-state index in [-0.39, 0.29) is 16.6 Å². The molecule has 32 heavy (non-hydrogen) atoms. The van der Waals surface area contributed by atoms with Gasteiger partial charge < -0.3 is 19.4 Å². The molecule has 172 valence electrons. The molecule has 2 aromatic rings. The maximum atomic E-state index is 12.0. The number of aromatic amines is 1. The lowest BCUT2D eigenvalue weighted by atomic mass is 9.71. The Morgan fingerprint density at radius 2 is 1.72 bits per heavy atom. The zero-order chi connectivity index (χ0) is 23.5. The lowest BCUT2D eigenvalue weighted by Crippen LogP contribution is -2.53. The molecule has 8 heteroatoms. The first kappa shape index (κ1) is 22.9. The number of aromatic nitrogens is 2. The van der Waals surface area contributed by atoms with Crippen LogP contribution in [-0.2, 0) is 14.8 Å². The molecule has 0 spiro atoms. The summed E-state index contributed by atoms with van der Waals surface area (Å²) in [5.41, 5.74) is 1.05. The summed E-state index contributed by atoms with van der Waals surface area (Å²) >= 11 is 0. The van der Waals surface area contributed by atoms with Gasteiger partial charge in [-0.05, 0) is 57.0 Å². The van der Waals surface area contributed by atoms with Crippen molar-refractivity contribution in [1.29, 1.82) is 0 Å². The Kier molecular flexibility index (Phi) is 5.25. The number of benzene rings is 1. The van der Waals surface area contributed by atoms with Crippen LogP contribution in [0.2, 0.25) is 0 Å². The van der Waals surface area contributed by atoms with Gasteiger partial charge in [0.1, 0.15) is 11.4 Å². The van der Waals surface area contributed by atoms with Gasteiger partial charge in [0.25, 0.3) is 0 Å². The van der Waals surface area contributed by atoms with Crippen LogP contribution >= 0.6 is 0 Å². The second-order valence-electron chi connectivity index (χ2n) is 11.0. The highest BCUT2D eigenvalue weighted by molar-refractivity contribution is 6.62. The second-order valence-corrected chi connectivity index (χ2v) is 11.0. The van der Waals surface area contributed by atoms with Gasteiger partial charge in [-0.2, -0.15) is 0 Å². The highest BCUT2D eigenvalue weighted by Gasteiger charge is 2.55. The SMILES string of the molecule is CC(C)(C)C1(c2ncc(-c3ccc(B4OC(C)(C)C(C)(C)O4)cc3)[nH]2)CCCN1C(=O)O. The molecule has 4 rings (SSSR count). The number of nitrogens with zero attached hydrogens (tertiary/aromatic N) is 2. The standard InChI is InChI=1S/C24H34BN3O4/c1-21(2,3)24(13-8-14-28(24)20(29)30)19-26-15-18(27-19)16-9-11-17(12-10-16)25-31-22(4,5)23(6,7)32-25/h9-12,15H,8,13-14H2,1-7H3,(H,26,27)(H,29,30). The molecule has 1 aromatic heterocycles. The fourth-order valence-corrected chi connectivity index (χ4v) is 4.94. The highest BCUT2D eigenvalue weighted by Crippen LogP contribution is 2.50. The van der Waals surface area contributed by atoms with E-state index in [2.05, 4.69) is 30.7 Å². The minimum absolute atomic E-state index is 0.308. The van der Waals surface area contributed by atoms with Gasteiger partial charge in [-0.25, -0.2) is 9.78 Å². The zero-order valence-electron chi connectivity index (χ0n) is 20.2. The molecule has 1 aromatic carbocycles. The maximum Gasteiger partial charge on any atom is 0.494 e. The fourth-order valence-electron chi connectivity index (χ4n) is 4.94.